The standard InChI is InChI=1S/C19H21ClN4O2/c1-14-6-7-21-17(10-14)11-22-19(26)24-9-8-23(18(25)13-24)12-15-2-4-16(20)5-3-15/h2-7,10H,8-9,11-13H2,1H3,(H,22,26). The van der Waals surface area contributed by atoms with E-state index >= 15 is 0 Å². The molecule has 1 aliphatic rings. The molecule has 6 nitrogen and oxygen atoms in total. The summed E-state index contributed by atoms with van der Waals surface area (Å²) in [5, 5.41) is 3.50. The van der Waals surface area contributed by atoms with Crippen LogP contribution < -0.4 is 5.32 Å². The molecule has 0 aliphatic carbocycles. The molecule has 3 amide bonds. The fourth-order valence-electron chi connectivity index (χ4n) is 2.83. The molecule has 0 spiro atoms. The number of halogens is 1. The van der Waals surface area contributed by atoms with Crippen molar-refractivity contribution in [3.63, 3.8) is 0 Å². The van der Waals surface area contributed by atoms with Gasteiger partial charge in [-0.1, -0.05) is 23.7 Å². The number of piperazine rings is 1. The third-order valence-corrected chi connectivity index (χ3v) is 4.54. The molecule has 26 heavy (non-hydrogen) atoms. The lowest BCUT2D eigenvalue weighted by atomic mass is 10.2. The lowest BCUT2D eigenvalue weighted by Gasteiger charge is -2.34. The van der Waals surface area contributed by atoms with Crippen molar-refractivity contribution in [3.8, 4) is 0 Å². The third kappa shape index (κ3) is 4.73. The molecular weight excluding hydrogens is 352 g/mol. The second-order valence-corrected chi connectivity index (χ2v) is 6.78. The number of benzene rings is 1. The SMILES string of the molecule is Cc1ccnc(CNC(=O)N2CCN(Cc3ccc(Cl)cc3)C(=O)C2)c1. The molecule has 0 atom stereocenters. The van der Waals surface area contributed by atoms with Gasteiger partial charge in [-0.2, -0.15) is 0 Å². The molecule has 3 rings (SSSR count). The maximum absolute atomic E-state index is 12.4. The first-order valence-electron chi connectivity index (χ1n) is 8.48. The minimum atomic E-state index is -0.243. The van der Waals surface area contributed by atoms with E-state index in [0.29, 0.717) is 31.2 Å². The van der Waals surface area contributed by atoms with Crippen molar-refractivity contribution in [2.45, 2.75) is 20.0 Å². The van der Waals surface area contributed by atoms with E-state index in [1.54, 1.807) is 11.1 Å². The number of aromatic nitrogens is 1. The molecule has 7 heteroatoms. The maximum Gasteiger partial charge on any atom is 0.318 e. The van der Waals surface area contributed by atoms with E-state index in [1.807, 2.05) is 43.3 Å². The van der Waals surface area contributed by atoms with Crippen molar-refractivity contribution in [2.24, 2.45) is 0 Å². The Bertz CT molecular complexity index is 794. The average molecular weight is 373 g/mol. The number of rotatable bonds is 4. The summed E-state index contributed by atoms with van der Waals surface area (Å²) in [4.78, 5) is 32.2. The normalized spacial score (nSPS) is 14.5. The minimum absolute atomic E-state index is 0.0602. The van der Waals surface area contributed by atoms with Crippen LogP contribution in [0.1, 0.15) is 16.8 Å². The Kier molecular flexibility index (Phi) is 5.73. The Morgan fingerprint density at radius 2 is 2.00 bits per heavy atom. The van der Waals surface area contributed by atoms with Crippen LogP contribution in [0.25, 0.3) is 0 Å². The molecule has 1 N–H and O–H groups in total. The summed E-state index contributed by atoms with van der Waals surface area (Å²) in [7, 11) is 0. The molecule has 0 saturated carbocycles. The van der Waals surface area contributed by atoms with Crippen LogP contribution in [0.3, 0.4) is 0 Å². The van der Waals surface area contributed by atoms with Crippen LogP contribution in [0.15, 0.2) is 42.6 Å². The van der Waals surface area contributed by atoms with Crippen LogP contribution in [0, 0.1) is 6.92 Å². The predicted molar refractivity (Wildman–Crippen MR) is 99.7 cm³/mol. The summed E-state index contributed by atoms with van der Waals surface area (Å²) in [5.41, 5.74) is 2.91. The Balaban J connectivity index is 1.50. The van der Waals surface area contributed by atoms with E-state index in [1.165, 1.54) is 4.90 Å². The van der Waals surface area contributed by atoms with E-state index in [9.17, 15) is 9.59 Å². The molecule has 1 fully saturated rings. The van der Waals surface area contributed by atoms with Gasteiger partial charge in [-0.15, -0.1) is 0 Å². The summed E-state index contributed by atoms with van der Waals surface area (Å²) in [5.74, 6) is -0.0602. The highest BCUT2D eigenvalue weighted by Crippen LogP contribution is 2.13. The maximum atomic E-state index is 12.4. The molecule has 1 aliphatic heterocycles. The Hall–Kier alpha value is -2.60. The average Bonchev–Trinajstić information content (AvgIpc) is 2.63. The van der Waals surface area contributed by atoms with E-state index in [-0.39, 0.29) is 18.5 Å². The lowest BCUT2D eigenvalue weighted by Crippen LogP contribution is -2.54. The van der Waals surface area contributed by atoms with Gasteiger partial charge in [0, 0.05) is 30.9 Å². The zero-order valence-corrected chi connectivity index (χ0v) is 15.4. The topological polar surface area (TPSA) is 65.5 Å². The molecule has 0 bridgehead atoms. The third-order valence-electron chi connectivity index (χ3n) is 4.29. The second-order valence-electron chi connectivity index (χ2n) is 6.35. The van der Waals surface area contributed by atoms with Crippen molar-refractivity contribution >= 4 is 23.5 Å². The van der Waals surface area contributed by atoms with Crippen LogP contribution >= 0.6 is 11.6 Å². The largest absolute Gasteiger partial charge is 0.335 e. The molecular formula is C19H21ClN4O2. The zero-order valence-electron chi connectivity index (χ0n) is 14.6. The van der Waals surface area contributed by atoms with Gasteiger partial charge in [0.15, 0.2) is 0 Å². The quantitative estimate of drug-likeness (QED) is 0.897. The van der Waals surface area contributed by atoms with Crippen molar-refractivity contribution in [2.75, 3.05) is 19.6 Å². The predicted octanol–water partition coefficient (Wildman–Crippen LogP) is 2.60. The highest BCUT2D eigenvalue weighted by atomic mass is 35.5. The van der Waals surface area contributed by atoms with Gasteiger partial charge in [0.2, 0.25) is 5.91 Å². The van der Waals surface area contributed by atoms with Crippen molar-refractivity contribution < 1.29 is 9.59 Å². The summed E-state index contributed by atoms with van der Waals surface area (Å²) in [6, 6.07) is 11.0. The van der Waals surface area contributed by atoms with Crippen LogP contribution in [0.5, 0.6) is 0 Å². The van der Waals surface area contributed by atoms with Crippen LogP contribution in [-0.4, -0.2) is 46.4 Å². The number of aryl methyl sites for hydroxylation is 1. The number of pyridine rings is 1. The second kappa shape index (κ2) is 8.19. The number of hydrogen-bond acceptors (Lipinski definition) is 3. The number of nitrogens with one attached hydrogen (secondary N) is 1. The van der Waals surface area contributed by atoms with Gasteiger partial charge in [-0.05, 0) is 42.3 Å². The fraction of sp³-hybridized carbons (Fsp3) is 0.316. The molecule has 136 valence electrons. The molecule has 1 aromatic heterocycles. The fourth-order valence-corrected chi connectivity index (χ4v) is 2.96. The number of nitrogens with zero attached hydrogens (tertiary/aromatic N) is 3. The van der Waals surface area contributed by atoms with E-state index in [0.717, 1.165) is 16.8 Å². The molecule has 2 aromatic rings. The molecule has 0 unspecified atom stereocenters. The smallest absolute Gasteiger partial charge is 0.318 e. The van der Waals surface area contributed by atoms with Crippen molar-refractivity contribution in [3.05, 3.63) is 64.4 Å². The summed E-state index contributed by atoms with van der Waals surface area (Å²) in [6.45, 7) is 3.95. The number of hydrogen-bond donors (Lipinski definition) is 1. The molecule has 1 aromatic carbocycles. The minimum Gasteiger partial charge on any atom is -0.335 e. The first kappa shape index (κ1) is 18.2. The summed E-state index contributed by atoms with van der Waals surface area (Å²) >= 11 is 5.88. The monoisotopic (exact) mass is 372 g/mol. The van der Waals surface area contributed by atoms with Gasteiger partial charge in [0.05, 0.1) is 12.2 Å². The van der Waals surface area contributed by atoms with E-state index in [4.69, 9.17) is 11.6 Å². The van der Waals surface area contributed by atoms with Gasteiger partial charge in [0.25, 0.3) is 0 Å². The molecule has 1 saturated heterocycles. The van der Waals surface area contributed by atoms with Crippen LogP contribution in [-0.2, 0) is 17.9 Å². The number of carbonyl (C=O) groups excluding carboxylic acids is 2. The van der Waals surface area contributed by atoms with Gasteiger partial charge in [-0.25, -0.2) is 4.79 Å². The van der Waals surface area contributed by atoms with Crippen LogP contribution in [0.4, 0.5) is 4.79 Å². The van der Waals surface area contributed by atoms with E-state index in [2.05, 4.69) is 10.3 Å². The van der Waals surface area contributed by atoms with Crippen molar-refractivity contribution in [1.29, 1.82) is 0 Å². The zero-order chi connectivity index (χ0) is 18.5. The Morgan fingerprint density at radius 1 is 1.23 bits per heavy atom. The highest BCUT2D eigenvalue weighted by molar-refractivity contribution is 6.30. The summed E-state index contributed by atoms with van der Waals surface area (Å²) < 4.78 is 0. The number of urea groups is 1. The summed E-state index contributed by atoms with van der Waals surface area (Å²) in [6.07, 6.45) is 1.72. The van der Waals surface area contributed by atoms with Gasteiger partial charge in [0.1, 0.15) is 6.54 Å². The number of amides is 3. The number of carbonyl (C=O) groups is 2. The van der Waals surface area contributed by atoms with Gasteiger partial charge >= 0.3 is 6.03 Å². The lowest BCUT2D eigenvalue weighted by molar-refractivity contribution is -0.135. The van der Waals surface area contributed by atoms with Crippen LogP contribution in [0.2, 0.25) is 5.02 Å². The highest BCUT2D eigenvalue weighted by Gasteiger charge is 2.27. The molecule has 2 heterocycles. The Morgan fingerprint density at radius 3 is 2.69 bits per heavy atom. The van der Waals surface area contributed by atoms with Crippen molar-refractivity contribution in [1.82, 2.24) is 20.1 Å². The van der Waals surface area contributed by atoms with E-state index < -0.39 is 0 Å². The van der Waals surface area contributed by atoms with Gasteiger partial charge < -0.3 is 15.1 Å². The first-order valence-corrected chi connectivity index (χ1v) is 8.85. The first-order chi connectivity index (χ1) is 12.5. The Labute approximate surface area is 157 Å². The van der Waals surface area contributed by atoms with Gasteiger partial charge in [-0.3, -0.25) is 9.78 Å². The molecule has 0 radical (unpaired) electrons.